The second-order valence-corrected chi connectivity index (χ2v) is 10.4. The van der Waals surface area contributed by atoms with Crippen molar-refractivity contribution < 1.29 is 23.1 Å². The number of esters is 1. The van der Waals surface area contributed by atoms with Crippen LogP contribution in [0.5, 0.6) is 0 Å². The van der Waals surface area contributed by atoms with Gasteiger partial charge in [0.15, 0.2) is 0 Å². The number of hydrogen-bond acceptors (Lipinski definition) is 4. The van der Waals surface area contributed by atoms with Gasteiger partial charge in [-0.2, -0.15) is 0 Å². The number of hydrogen-bond donors (Lipinski definition) is 2. The van der Waals surface area contributed by atoms with Crippen molar-refractivity contribution in [1.82, 2.24) is 8.55 Å². The molecule has 0 saturated heterocycles. The molecular weight excluding hydrogens is 523 g/mol. The zero-order valence-corrected chi connectivity index (χ0v) is 20.4. The minimum absolute atomic E-state index is 0.0155. The summed E-state index contributed by atoms with van der Waals surface area (Å²) in [6, 6.07) is 8.22. The van der Waals surface area contributed by atoms with E-state index in [2.05, 4.69) is 10.3 Å². The normalized spacial score (nSPS) is 13.9. The maximum absolute atomic E-state index is 13.7. The van der Waals surface area contributed by atoms with Gasteiger partial charge in [-0.25, -0.2) is 4.39 Å². The molecule has 7 nitrogen and oxygen atoms in total. The Bertz CT molecular complexity index is 1610. The molecule has 35 heavy (non-hydrogen) atoms. The van der Waals surface area contributed by atoms with Crippen LogP contribution in [0.4, 0.5) is 14.5 Å². The molecule has 2 aromatic heterocycles. The molecule has 1 amide bonds. The molecule has 0 bridgehead atoms. The summed E-state index contributed by atoms with van der Waals surface area (Å²) < 4.78 is 35.0. The average Bonchev–Trinajstić information content (AvgIpc) is 3.39. The van der Waals surface area contributed by atoms with Crippen molar-refractivity contribution in [3.05, 3.63) is 86.5 Å². The van der Waals surface area contributed by atoms with Gasteiger partial charge < -0.3 is 0 Å². The predicted octanol–water partition coefficient (Wildman–Crippen LogP) is 3.63. The van der Waals surface area contributed by atoms with E-state index >= 15 is 0 Å². The van der Waals surface area contributed by atoms with Crippen LogP contribution < -0.4 is 10.9 Å². The van der Waals surface area contributed by atoms with Crippen LogP contribution in [0.1, 0.15) is 32.9 Å². The van der Waals surface area contributed by atoms with Crippen LogP contribution in [-0.2, 0) is 16.1 Å². The molecule has 10 heteroatoms. The molecule has 0 spiro atoms. The van der Waals surface area contributed by atoms with Crippen LogP contribution in [0.25, 0.3) is 21.3 Å². The van der Waals surface area contributed by atoms with Gasteiger partial charge in [0.1, 0.15) is 5.82 Å². The van der Waals surface area contributed by atoms with Crippen molar-refractivity contribution in [2.75, 3.05) is 11.9 Å². The third kappa shape index (κ3) is 4.15. The molecule has 2 aromatic carbocycles. The second kappa shape index (κ2) is 8.79. The Hall–Kier alpha value is -3.75. The van der Waals surface area contributed by atoms with Crippen LogP contribution in [0.2, 0.25) is 0 Å². The molecule has 0 unspecified atom stereocenters. The molecule has 5 rings (SSSR count). The number of aromatic amines is 1. The molecule has 1 aliphatic heterocycles. The third-order valence-electron chi connectivity index (χ3n) is 5.87. The van der Waals surface area contributed by atoms with Crippen LogP contribution >= 0.6 is 0 Å². The summed E-state index contributed by atoms with van der Waals surface area (Å²) >= 11 is -0.302. The molecule has 178 valence electrons. The molecule has 0 radical (unpaired) electrons. The van der Waals surface area contributed by atoms with Gasteiger partial charge in [-0.3, -0.25) is 0 Å². The fourth-order valence-electron chi connectivity index (χ4n) is 4.16. The van der Waals surface area contributed by atoms with Gasteiger partial charge in [-0.1, -0.05) is 0 Å². The number of H-pyrrole nitrogens is 1. The van der Waals surface area contributed by atoms with E-state index in [1.165, 1.54) is 30.3 Å². The number of carbonyl (C=O) groups is 2. The average molecular weight is 542 g/mol. The van der Waals surface area contributed by atoms with Gasteiger partial charge in [0.25, 0.3) is 0 Å². The summed E-state index contributed by atoms with van der Waals surface area (Å²) in [7, 11) is 0. The Balaban J connectivity index is 1.34. The SMILES string of the molecule is Cc1[nH]c(/C=C2\C(=O)Nc3ccc(F)cc32)c(C)c1C(=O)OCCn1[se]c2ccc(F)cc2c1=O. The van der Waals surface area contributed by atoms with E-state index in [0.717, 1.165) is 4.26 Å². The molecular formula is C25H19F2N3O4Se. The fraction of sp³-hybridized carbons (Fsp3) is 0.160. The molecule has 0 saturated carbocycles. The van der Waals surface area contributed by atoms with E-state index in [9.17, 15) is 23.2 Å². The van der Waals surface area contributed by atoms with E-state index in [1.54, 1.807) is 29.6 Å². The zero-order valence-electron chi connectivity index (χ0n) is 18.7. The number of aromatic nitrogens is 2. The number of ether oxygens (including phenoxy) is 1. The van der Waals surface area contributed by atoms with Crippen molar-refractivity contribution in [3.63, 3.8) is 0 Å². The van der Waals surface area contributed by atoms with Crippen molar-refractivity contribution in [1.29, 1.82) is 0 Å². The Morgan fingerprint density at radius 1 is 1.11 bits per heavy atom. The molecule has 0 aliphatic carbocycles. The van der Waals surface area contributed by atoms with Crippen LogP contribution in [-0.4, -0.2) is 41.8 Å². The maximum atomic E-state index is 13.7. The summed E-state index contributed by atoms with van der Waals surface area (Å²) in [5.41, 5.74) is 2.99. The Morgan fingerprint density at radius 2 is 1.86 bits per heavy atom. The molecule has 2 N–H and O–H groups in total. The van der Waals surface area contributed by atoms with Crippen molar-refractivity contribution in [3.8, 4) is 0 Å². The summed E-state index contributed by atoms with van der Waals surface area (Å²) in [4.78, 5) is 40.8. The second-order valence-electron chi connectivity index (χ2n) is 8.14. The first-order valence-corrected chi connectivity index (χ1v) is 12.3. The van der Waals surface area contributed by atoms with Crippen molar-refractivity contribution in [2.45, 2.75) is 20.4 Å². The minimum atomic E-state index is -0.564. The van der Waals surface area contributed by atoms with E-state index in [1.807, 2.05) is 0 Å². The monoisotopic (exact) mass is 543 g/mol. The number of nitrogens with one attached hydrogen (secondary N) is 2. The molecule has 0 fully saturated rings. The van der Waals surface area contributed by atoms with Crippen LogP contribution in [0, 0.1) is 25.5 Å². The van der Waals surface area contributed by atoms with E-state index in [4.69, 9.17) is 4.74 Å². The van der Waals surface area contributed by atoms with E-state index < -0.39 is 17.6 Å². The standard InChI is InChI=1S/C25H19F2N3O4Se/c1-12-20(11-17-16-9-14(26)3-5-19(16)29-23(17)31)28-13(2)22(12)25(33)34-8-7-30-24(32)18-10-15(27)4-6-21(18)35-30/h3-6,9-11,28H,7-8H2,1-2H3,(H,29,31)/b17-11-. The van der Waals surface area contributed by atoms with E-state index in [0.29, 0.717) is 39.2 Å². The Morgan fingerprint density at radius 3 is 2.66 bits per heavy atom. The van der Waals surface area contributed by atoms with Gasteiger partial charge in [0.05, 0.1) is 0 Å². The number of amides is 1. The first-order chi connectivity index (χ1) is 16.7. The summed E-state index contributed by atoms with van der Waals surface area (Å²) in [5, 5.41) is 3.05. The number of rotatable bonds is 5. The number of nitrogens with zero attached hydrogens (tertiary/aromatic N) is 1. The Labute approximate surface area is 204 Å². The van der Waals surface area contributed by atoms with Crippen LogP contribution in [0.3, 0.4) is 0 Å². The van der Waals surface area contributed by atoms with Gasteiger partial charge in [0, 0.05) is 0 Å². The number of aryl methyl sites for hydroxylation is 1. The number of anilines is 1. The fourth-order valence-corrected chi connectivity index (χ4v) is 6.17. The number of halogens is 2. The third-order valence-corrected chi connectivity index (χ3v) is 8.22. The Kier molecular flexibility index (Phi) is 5.78. The summed E-state index contributed by atoms with van der Waals surface area (Å²) in [5.74, 6) is -1.85. The number of carbonyl (C=O) groups excluding carboxylic acids is 2. The first-order valence-electron chi connectivity index (χ1n) is 10.7. The van der Waals surface area contributed by atoms with Crippen molar-refractivity contribution >= 4 is 53.6 Å². The first kappa shape index (κ1) is 23.0. The van der Waals surface area contributed by atoms with Crippen molar-refractivity contribution in [2.24, 2.45) is 0 Å². The van der Waals surface area contributed by atoms with Gasteiger partial charge in [-0.15, -0.1) is 0 Å². The topological polar surface area (TPSA) is 93.2 Å². The van der Waals surface area contributed by atoms with Crippen LogP contribution in [0.15, 0.2) is 41.2 Å². The molecule has 1 aliphatic rings. The number of benzene rings is 2. The number of fused-ring (bicyclic) bond motifs is 2. The quantitative estimate of drug-likeness (QED) is 0.229. The zero-order chi connectivity index (χ0) is 24.9. The van der Waals surface area contributed by atoms with E-state index in [-0.39, 0.29) is 44.9 Å². The van der Waals surface area contributed by atoms with Gasteiger partial charge >= 0.3 is 182 Å². The summed E-state index contributed by atoms with van der Waals surface area (Å²) in [6.07, 6.45) is 1.58. The molecule has 0 atom stereocenters. The summed E-state index contributed by atoms with van der Waals surface area (Å²) in [6.45, 7) is 3.62. The molecule has 4 aromatic rings. The predicted molar refractivity (Wildman–Crippen MR) is 129 cm³/mol. The van der Waals surface area contributed by atoms with Gasteiger partial charge in [-0.05, 0) is 12.1 Å². The van der Waals surface area contributed by atoms with Gasteiger partial charge in [0.2, 0.25) is 0 Å². The molecule has 3 heterocycles.